The molecule has 1 N–H and O–H groups in total. The fraction of sp³-hybridized carbons (Fsp3) is 0.696. The van der Waals surface area contributed by atoms with Crippen molar-refractivity contribution in [2.45, 2.75) is 84.2 Å². The molecule has 2 rings (SSSR count). The van der Waals surface area contributed by atoms with Crippen molar-refractivity contribution in [3.05, 3.63) is 35.9 Å². The zero-order valence-electron chi connectivity index (χ0n) is 18.0. The summed E-state index contributed by atoms with van der Waals surface area (Å²) in [5.41, 5.74) is -0.139. The van der Waals surface area contributed by atoms with Gasteiger partial charge in [0.05, 0.1) is 6.10 Å². The molecule has 1 fully saturated rings. The lowest BCUT2D eigenvalue weighted by Gasteiger charge is -2.40. The molecule has 0 saturated heterocycles. The number of carbonyl (C=O) groups excluding carboxylic acids is 1. The third kappa shape index (κ3) is 5.52. The molecule has 0 radical (unpaired) electrons. The second-order valence-corrected chi connectivity index (χ2v) is 13.9. The summed E-state index contributed by atoms with van der Waals surface area (Å²) in [7, 11) is -1.98. The van der Waals surface area contributed by atoms with E-state index >= 15 is 0 Å². The number of hydrogen-bond acceptors (Lipinski definition) is 3. The number of aliphatic hydroxyl groups excluding tert-OH is 1. The summed E-state index contributed by atoms with van der Waals surface area (Å²) in [4.78, 5) is 13.6. The van der Waals surface area contributed by atoms with Gasteiger partial charge in [-0.25, -0.2) is 0 Å². The van der Waals surface area contributed by atoms with Crippen LogP contribution >= 0.6 is 0 Å². The average molecular weight is 391 g/mol. The average Bonchev–Trinajstić information content (AvgIpc) is 2.65. The van der Waals surface area contributed by atoms with Gasteiger partial charge in [-0.2, -0.15) is 0 Å². The molecule has 0 amide bonds. The summed E-state index contributed by atoms with van der Waals surface area (Å²) in [5, 5.41) is 11.1. The van der Waals surface area contributed by atoms with E-state index in [4.69, 9.17) is 4.43 Å². The van der Waals surface area contributed by atoms with Crippen LogP contribution in [-0.4, -0.2) is 25.3 Å². The minimum absolute atomic E-state index is 0.00807. The van der Waals surface area contributed by atoms with Gasteiger partial charge < -0.3 is 9.53 Å². The van der Waals surface area contributed by atoms with Crippen molar-refractivity contribution in [2.24, 2.45) is 17.8 Å². The van der Waals surface area contributed by atoms with Crippen LogP contribution in [0.1, 0.15) is 58.4 Å². The van der Waals surface area contributed by atoms with E-state index in [1.54, 1.807) is 0 Å². The molecule has 1 aliphatic rings. The molecule has 1 aromatic carbocycles. The Morgan fingerprint density at radius 2 is 1.67 bits per heavy atom. The lowest BCUT2D eigenvalue weighted by molar-refractivity contribution is -0.144. The van der Waals surface area contributed by atoms with E-state index in [0.29, 0.717) is 5.92 Å². The Kier molecular flexibility index (Phi) is 7.45. The summed E-state index contributed by atoms with van der Waals surface area (Å²) in [6, 6.07) is 9.76. The molecule has 0 aliphatic heterocycles. The summed E-state index contributed by atoms with van der Waals surface area (Å²) >= 11 is 0. The molecule has 152 valence electrons. The van der Waals surface area contributed by atoms with Crippen LogP contribution in [0.15, 0.2) is 30.3 Å². The van der Waals surface area contributed by atoms with E-state index in [1.807, 2.05) is 44.2 Å². The van der Waals surface area contributed by atoms with Crippen LogP contribution < -0.4 is 0 Å². The standard InChI is InChI=1S/C23H38O3Si/c1-17(19-13-9-7-10-14-19)21(24)18(2)22(25)23(3,26-27(4,5)6)20-15-11-8-12-16-20/h8,11-12,15-19,21,24H,7,9-10,13-14H2,1-6H3/t17-,18-,21+,23+/m0/s1. The highest BCUT2D eigenvalue weighted by Crippen LogP contribution is 2.37. The molecular formula is C23H38O3Si. The molecule has 0 bridgehead atoms. The maximum absolute atomic E-state index is 13.6. The van der Waals surface area contributed by atoms with Crippen molar-refractivity contribution in [3.63, 3.8) is 0 Å². The van der Waals surface area contributed by atoms with Gasteiger partial charge in [0.1, 0.15) is 5.60 Å². The van der Waals surface area contributed by atoms with Gasteiger partial charge in [0.15, 0.2) is 14.1 Å². The molecule has 1 saturated carbocycles. The topological polar surface area (TPSA) is 46.5 Å². The quantitative estimate of drug-likeness (QED) is 0.593. The predicted molar refractivity (Wildman–Crippen MR) is 114 cm³/mol. The molecule has 1 aromatic rings. The first kappa shape index (κ1) is 22.3. The molecule has 1 aliphatic carbocycles. The largest absolute Gasteiger partial charge is 0.402 e. The Bertz CT molecular complexity index is 604. The number of ketones is 1. The molecule has 0 unspecified atom stereocenters. The molecule has 0 aromatic heterocycles. The normalized spacial score (nSPS) is 21.9. The molecule has 27 heavy (non-hydrogen) atoms. The van der Waals surface area contributed by atoms with Crippen molar-refractivity contribution in [1.29, 1.82) is 0 Å². The van der Waals surface area contributed by atoms with E-state index in [1.165, 1.54) is 32.1 Å². The van der Waals surface area contributed by atoms with Gasteiger partial charge in [-0.3, -0.25) is 4.79 Å². The molecule has 3 nitrogen and oxygen atoms in total. The zero-order chi connectivity index (χ0) is 20.2. The summed E-state index contributed by atoms with van der Waals surface area (Å²) in [6.07, 6.45) is 5.48. The molecular weight excluding hydrogens is 352 g/mol. The Labute approximate surface area is 166 Å². The second kappa shape index (κ2) is 9.02. The zero-order valence-corrected chi connectivity index (χ0v) is 19.0. The summed E-state index contributed by atoms with van der Waals surface area (Å²) in [6.45, 7) is 12.2. The van der Waals surface area contributed by atoms with Crippen molar-refractivity contribution in [1.82, 2.24) is 0 Å². The highest BCUT2D eigenvalue weighted by Gasteiger charge is 2.45. The molecule has 0 heterocycles. The number of rotatable bonds is 8. The van der Waals surface area contributed by atoms with E-state index in [0.717, 1.165) is 5.56 Å². The minimum Gasteiger partial charge on any atom is -0.402 e. The maximum atomic E-state index is 13.6. The fourth-order valence-electron chi connectivity index (χ4n) is 4.60. The Hall–Kier alpha value is -0.973. The van der Waals surface area contributed by atoms with Crippen molar-refractivity contribution in [2.75, 3.05) is 0 Å². The van der Waals surface area contributed by atoms with Crippen LogP contribution in [0.25, 0.3) is 0 Å². The van der Waals surface area contributed by atoms with Gasteiger partial charge in [-0.15, -0.1) is 0 Å². The van der Waals surface area contributed by atoms with Crippen LogP contribution in [0.5, 0.6) is 0 Å². The van der Waals surface area contributed by atoms with Crippen LogP contribution in [0.2, 0.25) is 19.6 Å². The first-order valence-corrected chi connectivity index (χ1v) is 13.9. The van der Waals surface area contributed by atoms with Gasteiger partial charge >= 0.3 is 0 Å². The number of carbonyl (C=O) groups is 1. The Morgan fingerprint density at radius 3 is 2.19 bits per heavy atom. The summed E-state index contributed by atoms with van der Waals surface area (Å²) < 4.78 is 6.45. The second-order valence-electron chi connectivity index (χ2n) is 9.51. The van der Waals surface area contributed by atoms with Crippen molar-refractivity contribution < 1.29 is 14.3 Å². The van der Waals surface area contributed by atoms with E-state index in [-0.39, 0.29) is 11.7 Å². The van der Waals surface area contributed by atoms with E-state index in [9.17, 15) is 9.90 Å². The van der Waals surface area contributed by atoms with Gasteiger partial charge in [-0.05, 0) is 44.0 Å². The first-order chi connectivity index (χ1) is 12.6. The Morgan fingerprint density at radius 1 is 1.11 bits per heavy atom. The lowest BCUT2D eigenvalue weighted by atomic mass is 9.73. The third-order valence-corrected chi connectivity index (χ3v) is 7.18. The predicted octanol–water partition coefficient (Wildman–Crippen LogP) is 5.54. The van der Waals surface area contributed by atoms with Crippen LogP contribution in [0.4, 0.5) is 0 Å². The number of benzene rings is 1. The van der Waals surface area contributed by atoms with Crippen LogP contribution in [0.3, 0.4) is 0 Å². The lowest BCUT2D eigenvalue weighted by Crippen LogP contribution is -2.49. The SMILES string of the molecule is C[C@H](C(=O)[C@](C)(O[Si](C)(C)C)c1ccccc1)[C@H](O)[C@@H](C)C1CCCCC1. The molecule has 4 heteroatoms. The van der Waals surface area contributed by atoms with Crippen molar-refractivity contribution >= 4 is 14.1 Å². The summed E-state index contributed by atoms with van der Waals surface area (Å²) in [5.74, 6) is 0.191. The smallest absolute Gasteiger partial charge is 0.185 e. The monoisotopic (exact) mass is 390 g/mol. The third-order valence-electron chi connectivity index (χ3n) is 6.16. The number of Topliss-reactive ketones (excluding diaryl/α,β-unsaturated/α-hetero) is 1. The maximum Gasteiger partial charge on any atom is 0.185 e. The van der Waals surface area contributed by atoms with Gasteiger partial charge in [-0.1, -0.05) is 76.3 Å². The van der Waals surface area contributed by atoms with Crippen molar-refractivity contribution in [3.8, 4) is 0 Å². The molecule has 4 atom stereocenters. The van der Waals surface area contributed by atoms with E-state index < -0.39 is 25.9 Å². The minimum atomic E-state index is -1.98. The van der Waals surface area contributed by atoms with Crippen LogP contribution in [-0.2, 0) is 14.8 Å². The molecule has 0 spiro atoms. The van der Waals surface area contributed by atoms with E-state index in [2.05, 4.69) is 26.6 Å². The van der Waals surface area contributed by atoms with Gasteiger partial charge in [0, 0.05) is 5.92 Å². The fourth-order valence-corrected chi connectivity index (χ4v) is 6.05. The van der Waals surface area contributed by atoms with Gasteiger partial charge in [0.2, 0.25) is 0 Å². The highest BCUT2D eigenvalue weighted by molar-refractivity contribution is 6.70. The number of hydrogen-bond donors (Lipinski definition) is 1. The highest BCUT2D eigenvalue weighted by atomic mass is 28.4. The number of aliphatic hydroxyl groups is 1. The Balaban J connectivity index is 2.25. The van der Waals surface area contributed by atoms with Gasteiger partial charge in [0.25, 0.3) is 0 Å². The van der Waals surface area contributed by atoms with Crippen LogP contribution in [0, 0.1) is 17.8 Å². The first-order valence-electron chi connectivity index (χ1n) is 10.5.